The van der Waals surface area contributed by atoms with Crippen LogP contribution in [0.4, 0.5) is 0 Å². The van der Waals surface area contributed by atoms with Gasteiger partial charge in [-0.1, -0.05) is 85.5 Å². The van der Waals surface area contributed by atoms with Gasteiger partial charge in [0.1, 0.15) is 12.4 Å². The van der Waals surface area contributed by atoms with E-state index in [-0.39, 0.29) is 0 Å². The van der Waals surface area contributed by atoms with E-state index >= 15 is 0 Å². The monoisotopic (exact) mass is 324 g/mol. The van der Waals surface area contributed by atoms with Gasteiger partial charge in [-0.15, -0.1) is 0 Å². The molecule has 4 aromatic carbocycles. The maximum absolute atomic E-state index is 6.32. The lowest BCUT2D eigenvalue weighted by Crippen LogP contribution is -1.98. The summed E-state index contributed by atoms with van der Waals surface area (Å²) in [6.45, 7) is 6.53. The van der Waals surface area contributed by atoms with Crippen LogP contribution >= 0.6 is 0 Å². The molecule has 122 valence electrons. The number of benzene rings is 4. The minimum Gasteiger partial charge on any atom is -0.488 e. The Hall–Kier alpha value is -3.06. The molecule has 0 aliphatic rings. The molecule has 0 aliphatic heterocycles. The number of rotatable bonds is 4. The highest BCUT2D eigenvalue weighted by atomic mass is 16.5. The minimum atomic E-state index is 0.550. The van der Waals surface area contributed by atoms with Crippen LogP contribution in [0.25, 0.3) is 27.6 Å². The summed E-state index contributed by atoms with van der Waals surface area (Å²) in [7, 11) is 0. The van der Waals surface area contributed by atoms with Crippen molar-refractivity contribution in [3.63, 3.8) is 0 Å². The van der Waals surface area contributed by atoms with Crippen LogP contribution in [0, 0.1) is 6.92 Å². The molecule has 0 aliphatic carbocycles. The van der Waals surface area contributed by atoms with Crippen LogP contribution in [-0.4, -0.2) is 0 Å². The van der Waals surface area contributed by atoms with E-state index in [4.69, 9.17) is 4.74 Å². The van der Waals surface area contributed by atoms with Gasteiger partial charge in [0.15, 0.2) is 0 Å². The van der Waals surface area contributed by atoms with Crippen LogP contribution < -0.4 is 4.74 Å². The Morgan fingerprint density at radius 1 is 0.760 bits per heavy atom. The van der Waals surface area contributed by atoms with Crippen LogP contribution in [-0.2, 0) is 6.61 Å². The van der Waals surface area contributed by atoms with Crippen molar-refractivity contribution in [1.29, 1.82) is 0 Å². The number of hydrogen-bond acceptors (Lipinski definition) is 1. The van der Waals surface area contributed by atoms with Gasteiger partial charge < -0.3 is 4.74 Å². The van der Waals surface area contributed by atoms with E-state index in [9.17, 15) is 0 Å². The second-order valence-electron chi connectivity index (χ2n) is 6.28. The van der Waals surface area contributed by atoms with Crippen LogP contribution in [0.3, 0.4) is 0 Å². The van der Waals surface area contributed by atoms with Gasteiger partial charge in [0.25, 0.3) is 0 Å². The van der Waals surface area contributed by atoms with Crippen LogP contribution in [0.1, 0.15) is 16.7 Å². The third kappa shape index (κ3) is 2.78. The van der Waals surface area contributed by atoms with Crippen molar-refractivity contribution < 1.29 is 4.74 Å². The van der Waals surface area contributed by atoms with Crippen LogP contribution in [0.15, 0.2) is 79.4 Å². The smallest absolute Gasteiger partial charge is 0.135 e. The molecular weight excluding hydrogens is 304 g/mol. The summed E-state index contributed by atoms with van der Waals surface area (Å²) in [4.78, 5) is 0. The lowest BCUT2D eigenvalue weighted by Gasteiger charge is -2.15. The summed E-state index contributed by atoms with van der Waals surface area (Å²) in [6, 6.07) is 25.3. The van der Waals surface area contributed by atoms with Gasteiger partial charge in [-0.05, 0) is 34.4 Å². The highest BCUT2D eigenvalue weighted by Crippen LogP contribution is 2.38. The molecule has 0 bridgehead atoms. The first kappa shape index (κ1) is 15.5. The number of fused-ring (bicyclic) bond motifs is 2. The molecule has 0 radical (unpaired) electrons. The van der Waals surface area contributed by atoms with Crippen molar-refractivity contribution in [1.82, 2.24) is 0 Å². The Morgan fingerprint density at radius 3 is 1.80 bits per heavy atom. The number of aryl methyl sites for hydroxylation is 1. The Bertz CT molecular complexity index is 1000. The normalized spacial score (nSPS) is 10.9. The summed E-state index contributed by atoms with van der Waals surface area (Å²) in [6.07, 6.45) is 1.85. The van der Waals surface area contributed by atoms with Gasteiger partial charge in [0.05, 0.1) is 0 Å². The molecule has 1 nitrogen and oxygen atoms in total. The topological polar surface area (TPSA) is 9.23 Å². The molecule has 0 aromatic heterocycles. The van der Waals surface area contributed by atoms with Gasteiger partial charge >= 0.3 is 0 Å². The molecule has 1 heteroatoms. The molecule has 0 atom stereocenters. The zero-order valence-electron chi connectivity index (χ0n) is 14.3. The van der Waals surface area contributed by atoms with Gasteiger partial charge in [0, 0.05) is 10.8 Å². The van der Waals surface area contributed by atoms with E-state index in [1.807, 2.05) is 6.08 Å². The van der Waals surface area contributed by atoms with Gasteiger partial charge in [0.2, 0.25) is 0 Å². The molecule has 0 fully saturated rings. The highest BCUT2D eigenvalue weighted by molar-refractivity contribution is 6.08. The van der Waals surface area contributed by atoms with Crippen molar-refractivity contribution in [2.75, 3.05) is 0 Å². The van der Waals surface area contributed by atoms with Crippen molar-refractivity contribution in [2.24, 2.45) is 0 Å². The average Bonchev–Trinajstić information content (AvgIpc) is 2.68. The fraction of sp³-hybridized carbons (Fsp3) is 0.0833. The van der Waals surface area contributed by atoms with E-state index < -0.39 is 0 Å². The van der Waals surface area contributed by atoms with Crippen molar-refractivity contribution in [3.05, 3.63) is 96.1 Å². The fourth-order valence-electron chi connectivity index (χ4n) is 3.37. The van der Waals surface area contributed by atoms with E-state index in [2.05, 4.69) is 86.3 Å². The SMILES string of the molecule is C=Cc1ccc(COc2c3ccccc3c(C)c3ccccc23)cc1. The number of ether oxygens (including phenoxy) is 1. The van der Waals surface area contributed by atoms with E-state index in [0.717, 1.165) is 16.9 Å². The van der Waals surface area contributed by atoms with E-state index in [1.54, 1.807) is 0 Å². The summed E-state index contributed by atoms with van der Waals surface area (Å²) in [5, 5.41) is 4.83. The third-order valence-corrected chi connectivity index (χ3v) is 4.75. The van der Waals surface area contributed by atoms with Gasteiger partial charge in [-0.2, -0.15) is 0 Å². The standard InChI is InChI=1S/C24H20O/c1-3-18-12-14-19(15-13-18)16-25-24-22-10-6-4-8-20(22)17(2)21-9-5-7-11-23(21)24/h3-15H,1,16H2,2H3. The molecule has 0 N–H and O–H groups in total. The first-order valence-corrected chi connectivity index (χ1v) is 8.52. The molecule has 0 spiro atoms. The van der Waals surface area contributed by atoms with Gasteiger partial charge in [-0.3, -0.25) is 0 Å². The molecule has 0 saturated carbocycles. The van der Waals surface area contributed by atoms with Crippen molar-refractivity contribution in [3.8, 4) is 5.75 Å². The van der Waals surface area contributed by atoms with Crippen molar-refractivity contribution in [2.45, 2.75) is 13.5 Å². The Balaban J connectivity index is 1.81. The van der Waals surface area contributed by atoms with E-state index in [0.29, 0.717) is 6.61 Å². The Kier molecular flexibility index (Phi) is 3.99. The lowest BCUT2D eigenvalue weighted by atomic mass is 9.96. The molecular formula is C24H20O. The molecule has 0 amide bonds. The van der Waals surface area contributed by atoms with Crippen LogP contribution in [0.5, 0.6) is 5.75 Å². The van der Waals surface area contributed by atoms with Crippen molar-refractivity contribution >= 4 is 27.6 Å². The molecule has 0 unspecified atom stereocenters. The Morgan fingerprint density at radius 2 is 1.28 bits per heavy atom. The highest BCUT2D eigenvalue weighted by Gasteiger charge is 2.12. The zero-order valence-corrected chi connectivity index (χ0v) is 14.3. The second kappa shape index (κ2) is 6.45. The first-order valence-electron chi connectivity index (χ1n) is 8.52. The minimum absolute atomic E-state index is 0.550. The largest absolute Gasteiger partial charge is 0.488 e. The maximum atomic E-state index is 6.32. The van der Waals surface area contributed by atoms with Gasteiger partial charge in [-0.25, -0.2) is 0 Å². The zero-order chi connectivity index (χ0) is 17.2. The second-order valence-corrected chi connectivity index (χ2v) is 6.28. The van der Waals surface area contributed by atoms with E-state index in [1.165, 1.54) is 27.1 Å². The average molecular weight is 324 g/mol. The molecule has 4 aromatic rings. The predicted molar refractivity (Wildman–Crippen MR) is 107 cm³/mol. The Labute approximate surface area is 148 Å². The first-order chi connectivity index (χ1) is 12.3. The lowest BCUT2D eigenvalue weighted by molar-refractivity contribution is 0.313. The molecule has 4 rings (SSSR count). The molecule has 0 heterocycles. The predicted octanol–water partition coefficient (Wildman–Crippen LogP) is 6.52. The summed E-state index contributed by atoms with van der Waals surface area (Å²) in [5.41, 5.74) is 3.57. The molecule has 25 heavy (non-hydrogen) atoms. The summed E-state index contributed by atoms with van der Waals surface area (Å²) >= 11 is 0. The fourth-order valence-corrected chi connectivity index (χ4v) is 3.37. The third-order valence-electron chi connectivity index (χ3n) is 4.75. The maximum Gasteiger partial charge on any atom is 0.135 e. The molecule has 0 saturated heterocycles. The number of hydrogen-bond donors (Lipinski definition) is 0. The summed E-state index contributed by atoms with van der Waals surface area (Å²) in [5.74, 6) is 0.963. The van der Waals surface area contributed by atoms with Crippen LogP contribution in [0.2, 0.25) is 0 Å². The quantitative estimate of drug-likeness (QED) is 0.388. The summed E-state index contributed by atoms with van der Waals surface area (Å²) < 4.78 is 6.32.